The molecule has 0 aromatic carbocycles. The van der Waals surface area contributed by atoms with Crippen LogP contribution in [-0.4, -0.2) is 86.1 Å². The van der Waals surface area contributed by atoms with Gasteiger partial charge in [0, 0.05) is 38.8 Å². The van der Waals surface area contributed by atoms with Crippen molar-refractivity contribution in [3.05, 3.63) is 18.0 Å². The number of alkyl halides is 3. The fourth-order valence-corrected chi connectivity index (χ4v) is 3.87. The molecule has 2 heterocycles. The minimum atomic E-state index is -4.43. The van der Waals surface area contributed by atoms with Crippen LogP contribution in [0.15, 0.2) is 16.9 Å². The van der Waals surface area contributed by atoms with Gasteiger partial charge in [-0.05, 0) is 0 Å². The first-order valence-electron chi connectivity index (χ1n) is 7.58. The second-order valence-electron chi connectivity index (χ2n) is 5.73. The molecule has 2 rings (SSSR count). The molecule has 1 aliphatic rings. The zero-order chi connectivity index (χ0) is 18.5. The first kappa shape index (κ1) is 20.1. The van der Waals surface area contributed by atoms with Gasteiger partial charge in [0.25, 0.3) is 0 Å². The van der Waals surface area contributed by atoms with E-state index in [1.807, 2.05) is 0 Å². The molecule has 0 radical (unpaired) electrons. The third-order valence-electron chi connectivity index (χ3n) is 3.59. The Morgan fingerprint density at radius 2 is 2.00 bits per heavy atom. The van der Waals surface area contributed by atoms with E-state index in [-0.39, 0.29) is 25.4 Å². The number of aliphatic hydroxyl groups is 1. The van der Waals surface area contributed by atoms with Crippen molar-refractivity contribution in [1.29, 1.82) is 0 Å². The number of hydrogen-bond acceptors (Lipinski definition) is 7. The molecule has 1 atom stereocenters. The van der Waals surface area contributed by atoms with Crippen LogP contribution < -0.4 is 0 Å². The quantitative estimate of drug-likeness (QED) is 0.674. The summed E-state index contributed by atoms with van der Waals surface area (Å²) in [6.45, 7) is -0.507. The number of halogens is 3. The summed E-state index contributed by atoms with van der Waals surface area (Å²) in [5, 5.41) is 13.3. The number of hydrogen-bond donors (Lipinski definition) is 1. The maximum Gasteiger partial charge on any atom is 0.411 e. The van der Waals surface area contributed by atoms with Crippen molar-refractivity contribution in [3.63, 3.8) is 0 Å². The highest BCUT2D eigenvalue weighted by Gasteiger charge is 2.30. The van der Waals surface area contributed by atoms with Crippen LogP contribution in [0.1, 0.15) is 5.69 Å². The van der Waals surface area contributed by atoms with Gasteiger partial charge in [-0.1, -0.05) is 5.16 Å². The van der Waals surface area contributed by atoms with Gasteiger partial charge in [0.1, 0.15) is 18.6 Å². The van der Waals surface area contributed by atoms with Gasteiger partial charge in [-0.25, -0.2) is 8.42 Å². The molecule has 12 heteroatoms. The number of aliphatic hydroxyl groups excluding tert-OH is 1. The average molecular weight is 387 g/mol. The standard InChI is InChI=1S/C13H20F3N3O5S/c14-13(15,16)10-23-8-12(20)7-18-2-4-19(5-3-18)25(21,22)9-11-1-6-24-17-11/h1,6,12,20H,2-5,7-10H2. The second-order valence-corrected chi connectivity index (χ2v) is 7.70. The van der Waals surface area contributed by atoms with Crippen LogP contribution in [0.3, 0.4) is 0 Å². The van der Waals surface area contributed by atoms with E-state index in [1.165, 1.54) is 16.6 Å². The first-order valence-corrected chi connectivity index (χ1v) is 9.18. The molecule has 0 spiro atoms. The zero-order valence-electron chi connectivity index (χ0n) is 13.4. The molecule has 144 valence electrons. The summed E-state index contributed by atoms with van der Waals surface area (Å²) in [5.74, 6) is -0.253. The van der Waals surface area contributed by atoms with E-state index >= 15 is 0 Å². The van der Waals surface area contributed by atoms with Crippen molar-refractivity contribution in [2.45, 2.75) is 18.0 Å². The van der Waals surface area contributed by atoms with Crippen molar-refractivity contribution in [2.75, 3.05) is 45.9 Å². The number of piperazine rings is 1. The van der Waals surface area contributed by atoms with Gasteiger partial charge < -0.3 is 14.4 Å². The van der Waals surface area contributed by atoms with Crippen molar-refractivity contribution >= 4 is 10.0 Å². The lowest BCUT2D eigenvalue weighted by Crippen LogP contribution is -2.51. The molecule has 1 saturated heterocycles. The molecule has 1 N–H and O–H groups in total. The van der Waals surface area contributed by atoms with Crippen molar-refractivity contribution < 1.29 is 36.0 Å². The molecule has 1 aliphatic heterocycles. The maximum absolute atomic E-state index is 12.3. The van der Waals surface area contributed by atoms with Crippen LogP contribution in [0.2, 0.25) is 0 Å². The van der Waals surface area contributed by atoms with Crippen molar-refractivity contribution in [3.8, 4) is 0 Å². The molecule has 1 fully saturated rings. The van der Waals surface area contributed by atoms with Crippen molar-refractivity contribution in [1.82, 2.24) is 14.4 Å². The largest absolute Gasteiger partial charge is 0.411 e. The molecule has 1 aromatic heterocycles. The Morgan fingerprint density at radius 3 is 2.56 bits per heavy atom. The number of nitrogens with zero attached hydrogens (tertiary/aromatic N) is 3. The normalized spacial score (nSPS) is 19.2. The van der Waals surface area contributed by atoms with E-state index in [0.717, 1.165) is 0 Å². The molecule has 0 bridgehead atoms. The summed E-state index contributed by atoms with van der Waals surface area (Å²) in [6, 6.07) is 1.48. The Bertz CT molecular complexity index is 615. The summed E-state index contributed by atoms with van der Waals surface area (Å²) in [4.78, 5) is 1.78. The monoisotopic (exact) mass is 387 g/mol. The van der Waals surface area contributed by atoms with Gasteiger partial charge in [-0.15, -0.1) is 0 Å². The Labute approximate surface area is 143 Å². The lowest BCUT2D eigenvalue weighted by Gasteiger charge is -2.34. The molecule has 8 nitrogen and oxygen atoms in total. The highest BCUT2D eigenvalue weighted by atomic mass is 32.2. The van der Waals surface area contributed by atoms with E-state index in [0.29, 0.717) is 18.8 Å². The van der Waals surface area contributed by atoms with E-state index in [2.05, 4.69) is 14.4 Å². The van der Waals surface area contributed by atoms with E-state index < -0.39 is 35.5 Å². The lowest BCUT2D eigenvalue weighted by atomic mass is 10.3. The fraction of sp³-hybridized carbons (Fsp3) is 0.769. The minimum Gasteiger partial charge on any atom is -0.389 e. The van der Waals surface area contributed by atoms with Crippen LogP contribution in [0.5, 0.6) is 0 Å². The van der Waals surface area contributed by atoms with Crippen LogP contribution in [0.25, 0.3) is 0 Å². The highest BCUT2D eigenvalue weighted by Crippen LogP contribution is 2.15. The van der Waals surface area contributed by atoms with Gasteiger partial charge >= 0.3 is 6.18 Å². The zero-order valence-corrected chi connectivity index (χ0v) is 14.2. The molecule has 0 saturated carbocycles. The Kier molecular flexibility index (Phi) is 6.79. The predicted octanol–water partition coefficient (Wildman–Crippen LogP) is 0.0618. The van der Waals surface area contributed by atoms with Crippen LogP contribution in [-0.2, 0) is 20.5 Å². The van der Waals surface area contributed by atoms with E-state index in [1.54, 1.807) is 4.90 Å². The first-order chi connectivity index (χ1) is 11.7. The van der Waals surface area contributed by atoms with Crippen molar-refractivity contribution in [2.24, 2.45) is 0 Å². The number of ether oxygens (including phenoxy) is 1. The number of aromatic nitrogens is 1. The van der Waals surface area contributed by atoms with Crippen LogP contribution in [0, 0.1) is 0 Å². The molecular weight excluding hydrogens is 367 g/mol. The molecule has 1 aromatic rings. The number of rotatable bonds is 8. The van der Waals surface area contributed by atoms with Crippen LogP contribution >= 0.6 is 0 Å². The Hall–Kier alpha value is -1.21. The molecule has 0 aliphatic carbocycles. The SMILES string of the molecule is O=S(=O)(Cc1ccon1)N1CCN(CC(O)COCC(F)(F)F)CC1. The summed E-state index contributed by atoms with van der Waals surface area (Å²) < 4.78 is 70.8. The molecular formula is C13H20F3N3O5S. The fourth-order valence-electron chi connectivity index (χ4n) is 2.44. The predicted molar refractivity (Wildman–Crippen MR) is 80.0 cm³/mol. The third-order valence-corrected chi connectivity index (χ3v) is 5.40. The smallest absolute Gasteiger partial charge is 0.389 e. The number of sulfonamides is 1. The summed E-state index contributed by atoms with van der Waals surface area (Å²) in [5.41, 5.74) is 0.319. The lowest BCUT2D eigenvalue weighted by molar-refractivity contribution is -0.179. The van der Waals surface area contributed by atoms with Gasteiger partial charge in [-0.3, -0.25) is 4.90 Å². The second kappa shape index (κ2) is 8.45. The molecule has 25 heavy (non-hydrogen) atoms. The van der Waals surface area contributed by atoms with Gasteiger partial charge in [0.15, 0.2) is 0 Å². The Morgan fingerprint density at radius 1 is 1.32 bits per heavy atom. The van der Waals surface area contributed by atoms with E-state index in [9.17, 15) is 26.7 Å². The van der Waals surface area contributed by atoms with Gasteiger partial charge in [0.05, 0.1) is 18.4 Å². The third kappa shape index (κ3) is 6.90. The molecule has 0 amide bonds. The van der Waals surface area contributed by atoms with Gasteiger partial charge in [0.2, 0.25) is 10.0 Å². The topological polar surface area (TPSA) is 96.1 Å². The summed E-state index contributed by atoms with van der Waals surface area (Å²) in [7, 11) is -3.52. The summed E-state index contributed by atoms with van der Waals surface area (Å²) >= 11 is 0. The summed E-state index contributed by atoms with van der Waals surface area (Å²) in [6.07, 6.45) is -4.20. The minimum absolute atomic E-state index is 0.120. The molecule has 1 unspecified atom stereocenters. The number of β-amino-alcohol motifs (C(OH)–C–C–N with tert-alkyl or cyclic N) is 1. The van der Waals surface area contributed by atoms with E-state index in [4.69, 9.17) is 0 Å². The van der Waals surface area contributed by atoms with Crippen LogP contribution in [0.4, 0.5) is 13.2 Å². The highest BCUT2D eigenvalue weighted by molar-refractivity contribution is 7.88. The average Bonchev–Trinajstić information content (AvgIpc) is 2.98. The maximum atomic E-state index is 12.3. The Balaban J connectivity index is 1.72. The van der Waals surface area contributed by atoms with Gasteiger partial charge in [-0.2, -0.15) is 17.5 Å².